The molecule has 3 heterocycles. The van der Waals surface area contributed by atoms with Crippen LogP contribution in [-0.2, 0) is 13.6 Å². The Kier molecular flexibility index (Phi) is 5.81. The maximum absolute atomic E-state index is 13.4. The van der Waals surface area contributed by atoms with Crippen LogP contribution in [0.5, 0.6) is 0 Å². The van der Waals surface area contributed by atoms with Gasteiger partial charge in [-0.3, -0.25) is 9.58 Å². The molecule has 0 radical (unpaired) electrons. The van der Waals surface area contributed by atoms with E-state index in [9.17, 15) is 4.39 Å². The van der Waals surface area contributed by atoms with E-state index < -0.39 is 0 Å². The normalized spacial score (nSPS) is 15.0. The van der Waals surface area contributed by atoms with E-state index in [0.717, 1.165) is 66.0 Å². The molecule has 0 bridgehead atoms. The van der Waals surface area contributed by atoms with Crippen molar-refractivity contribution in [2.45, 2.75) is 32.4 Å². The van der Waals surface area contributed by atoms with Gasteiger partial charge in [-0.25, -0.2) is 4.39 Å². The Morgan fingerprint density at radius 3 is 2.48 bits per heavy atom. The third-order valence-corrected chi connectivity index (χ3v) is 6.84. The maximum atomic E-state index is 13.4. The number of aromatic nitrogens is 4. The van der Waals surface area contributed by atoms with Gasteiger partial charge in [-0.1, -0.05) is 30.3 Å². The van der Waals surface area contributed by atoms with Crippen LogP contribution in [0.1, 0.15) is 24.0 Å². The molecule has 1 aliphatic rings. The van der Waals surface area contributed by atoms with Gasteiger partial charge in [0.05, 0.1) is 5.69 Å². The average Bonchev–Trinajstić information content (AvgIpc) is 3.26. The number of rotatable bonds is 5. The lowest BCUT2D eigenvalue weighted by Gasteiger charge is -2.37. The molecule has 0 N–H and O–H groups in total. The molecule has 2 aromatic heterocycles. The van der Waals surface area contributed by atoms with Gasteiger partial charge in [-0.2, -0.15) is 5.10 Å². The Morgan fingerprint density at radius 2 is 1.79 bits per heavy atom. The van der Waals surface area contributed by atoms with Crippen molar-refractivity contribution in [2.75, 3.05) is 25.0 Å². The van der Waals surface area contributed by atoms with Gasteiger partial charge in [0, 0.05) is 49.7 Å². The van der Waals surface area contributed by atoms with Crippen molar-refractivity contribution >= 4 is 16.6 Å². The molecule has 1 aliphatic heterocycles. The van der Waals surface area contributed by atoms with Crippen LogP contribution in [0.2, 0.25) is 0 Å². The van der Waals surface area contributed by atoms with Gasteiger partial charge >= 0.3 is 0 Å². The lowest BCUT2D eigenvalue weighted by molar-refractivity contribution is 0.200. The molecule has 0 aliphatic carbocycles. The zero-order valence-corrected chi connectivity index (χ0v) is 19.4. The van der Waals surface area contributed by atoms with Crippen LogP contribution in [0.4, 0.5) is 10.2 Å². The summed E-state index contributed by atoms with van der Waals surface area (Å²) in [4.78, 5) is 4.75. The van der Waals surface area contributed by atoms with Gasteiger partial charge < -0.3 is 4.90 Å². The maximum Gasteiger partial charge on any atom is 0.159 e. The number of hydrogen-bond donors (Lipinski definition) is 0. The largest absolute Gasteiger partial charge is 0.354 e. The fourth-order valence-electron chi connectivity index (χ4n) is 4.87. The van der Waals surface area contributed by atoms with Gasteiger partial charge in [0.15, 0.2) is 5.82 Å². The second-order valence-electron chi connectivity index (χ2n) is 8.96. The van der Waals surface area contributed by atoms with E-state index in [1.165, 1.54) is 5.56 Å². The summed E-state index contributed by atoms with van der Waals surface area (Å²) in [6.45, 7) is 4.68. The van der Waals surface area contributed by atoms with Crippen LogP contribution in [0.3, 0.4) is 0 Å². The molecule has 2 aromatic carbocycles. The van der Waals surface area contributed by atoms with Gasteiger partial charge in [-0.05, 0) is 56.1 Å². The second-order valence-corrected chi connectivity index (χ2v) is 8.96. The lowest BCUT2D eigenvalue weighted by Crippen LogP contribution is -2.43. The van der Waals surface area contributed by atoms with E-state index in [1.807, 2.05) is 36.9 Å². The molecule has 0 amide bonds. The highest BCUT2D eigenvalue weighted by Crippen LogP contribution is 2.32. The van der Waals surface area contributed by atoms with Crippen LogP contribution in [-0.4, -0.2) is 51.1 Å². The number of aryl methyl sites for hydroxylation is 2. The summed E-state index contributed by atoms with van der Waals surface area (Å²) in [5, 5.41) is 15.8. The third-order valence-electron chi connectivity index (χ3n) is 6.84. The first-order valence-corrected chi connectivity index (χ1v) is 11.5. The van der Waals surface area contributed by atoms with Crippen LogP contribution in [0, 0.1) is 12.7 Å². The Morgan fingerprint density at radius 1 is 1.03 bits per heavy atom. The molecular formula is C26H29FN6. The van der Waals surface area contributed by atoms with Crippen LogP contribution >= 0.6 is 0 Å². The zero-order valence-electron chi connectivity index (χ0n) is 19.4. The summed E-state index contributed by atoms with van der Waals surface area (Å²) in [5.41, 5.74) is 4.01. The van der Waals surface area contributed by atoms with Gasteiger partial charge in [0.1, 0.15) is 11.5 Å². The van der Waals surface area contributed by atoms with E-state index in [2.05, 4.69) is 50.3 Å². The summed E-state index contributed by atoms with van der Waals surface area (Å²) in [7, 11) is 4.09. The first-order chi connectivity index (χ1) is 16.0. The zero-order chi connectivity index (χ0) is 22.9. The molecule has 6 nitrogen and oxygen atoms in total. The summed E-state index contributed by atoms with van der Waals surface area (Å²) in [6.07, 6.45) is 3.89. The van der Waals surface area contributed by atoms with Crippen molar-refractivity contribution in [1.82, 2.24) is 24.9 Å². The van der Waals surface area contributed by atoms with Crippen molar-refractivity contribution in [3.63, 3.8) is 0 Å². The Bertz CT molecular complexity index is 1280. The Hall–Kier alpha value is -3.32. The standard InChI is InChI=1S/C26H29FN6/c1-18-16-20(27)9-8-19(18)17-31(2)21-11-14-33(15-12-21)26-23-7-5-4-6-22(23)25(29-30-26)24-10-13-28-32(24)3/h4-10,13,16,21H,11-12,14-15,17H2,1-3H3. The van der Waals surface area contributed by atoms with E-state index in [4.69, 9.17) is 0 Å². The minimum absolute atomic E-state index is 0.171. The second kappa shape index (κ2) is 8.90. The minimum Gasteiger partial charge on any atom is -0.354 e. The van der Waals surface area contributed by atoms with E-state index in [-0.39, 0.29) is 5.82 Å². The summed E-state index contributed by atoms with van der Waals surface area (Å²) in [5.74, 6) is 0.780. The van der Waals surface area contributed by atoms with Crippen molar-refractivity contribution in [2.24, 2.45) is 7.05 Å². The Labute approximate surface area is 193 Å². The van der Waals surface area contributed by atoms with Crippen LogP contribution in [0.15, 0.2) is 54.7 Å². The molecule has 33 heavy (non-hydrogen) atoms. The number of anilines is 1. The number of hydrogen-bond acceptors (Lipinski definition) is 5. The fraction of sp³-hybridized carbons (Fsp3) is 0.346. The number of nitrogens with zero attached hydrogens (tertiary/aromatic N) is 6. The third kappa shape index (κ3) is 4.20. The summed E-state index contributed by atoms with van der Waals surface area (Å²) >= 11 is 0. The fourth-order valence-corrected chi connectivity index (χ4v) is 4.87. The van der Waals surface area contributed by atoms with E-state index >= 15 is 0 Å². The molecule has 170 valence electrons. The number of halogens is 1. The molecule has 1 saturated heterocycles. The van der Waals surface area contributed by atoms with Gasteiger partial charge in [-0.15, -0.1) is 10.2 Å². The van der Waals surface area contributed by atoms with E-state index in [1.54, 1.807) is 18.3 Å². The van der Waals surface area contributed by atoms with Gasteiger partial charge in [0.2, 0.25) is 0 Å². The SMILES string of the molecule is Cc1cc(F)ccc1CN(C)C1CCN(c2nnc(-c3ccnn3C)c3ccccc23)CC1. The average molecular weight is 445 g/mol. The molecular weight excluding hydrogens is 415 g/mol. The summed E-state index contributed by atoms with van der Waals surface area (Å²) < 4.78 is 15.3. The highest BCUT2D eigenvalue weighted by Gasteiger charge is 2.25. The first kappa shape index (κ1) is 21.5. The summed E-state index contributed by atoms with van der Waals surface area (Å²) in [6, 6.07) is 15.9. The number of benzene rings is 2. The van der Waals surface area contributed by atoms with Crippen molar-refractivity contribution < 1.29 is 4.39 Å². The van der Waals surface area contributed by atoms with Crippen molar-refractivity contribution in [1.29, 1.82) is 0 Å². The number of fused-ring (bicyclic) bond motifs is 1. The topological polar surface area (TPSA) is 50.1 Å². The number of piperidine rings is 1. The van der Waals surface area contributed by atoms with E-state index in [0.29, 0.717) is 6.04 Å². The van der Waals surface area contributed by atoms with Gasteiger partial charge in [0.25, 0.3) is 0 Å². The lowest BCUT2D eigenvalue weighted by atomic mass is 10.0. The molecule has 5 rings (SSSR count). The minimum atomic E-state index is -0.171. The molecule has 4 aromatic rings. The predicted octanol–water partition coefficient (Wildman–Crippen LogP) is 4.58. The smallest absolute Gasteiger partial charge is 0.159 e. The molecule has 0 atom stereocenters. The van der Waals surface area contributed by atoms with Crippen LogP contribution in [0.25, 0.3) is 22.2 Å². The molecule has 0 spiro atoms. The predicted molar refractivity (Wildman–Crippen MR) is 130 cm³/mol. The molecule has 7 heteroatoms. The highest BCUT2D eigenvalue weighted by atomic mass is 19.1. The first-order valence-electron chi connectivity index (χ1n) is 11.5. The molecule has 0 saturated carbocycles. The highest BCUT2D eigenvalue weighted by molar-refractivity contribution is 5.99. The van der Waals surface area contributed by atoms with Crippen molar-refractivity contribution in [3.8, 4) is 11.4 Å². The molecule has 1 fully saturated rings. The van der Waals surface area contributed by atoms with Crippen LogP contribution < -0.4 is 4.90 Å². The van der Waals surface area contributed by atoms with Crippen molar-refractivity contribution in [3.05, 3.63) is 71.7 Å². The molecule has 0 unspecified atom stereocenters. The monoisotopic (exact) mass is 444 g/mol. The quantitative estimate of drug-likeness (QED) is 0.451. The Balaban J connectivity index is 1.33.